The molecule has 0 N–H and O–H groups in total. The maximum atomic E-state index is 12.2. The Kier molecular flexibility index (Phi) is 4.09. The maximum absolute atomic E-state index is 12.2. The summed E-state index contributed by atoms with van der Waals surface area (Å²) < 4.78 is 33.0. The number of ether oxygens (including phenoxy) is 1. The maximum Gasteiger partial charge on any atom is 0.216 e. The molecule has 5 nitrogen and oxygen atoms in total. The summed E-state index contributed by atoms with van der Waals surface area (Å²) in [5, 5.41) is 0. The molecule has 1 aromatic rings. The summed E-state index contributed by atoms with van der Waals surface area (Å²) in [5.74, 6) is 0.0599. The fourth-order valence-corrected chi connectivity index (χ4v) is 4.12. The molecule has 0 aliphatic carbocycles. The van der Waals surface area contributed by atoms with E-state index in [-0.39, 0.29) is 18.4 Å². The van der Waals surface area contributed by atoms with Crippen LogP contribution in [0.1, 0.15) is 24.6 Å². The summed E-state index contributed by atoms with van der Waals surface area (Å²) in [6.45, 7) is 0.862. The Bertz CT molecular complexity index is 495. The van der Waals surface area contributed by atoms with Crippen molar-refractivity contribution in [3.05, 3.63) is 24.0 Å². The van der Waals surface area contributed by atoms with Crippen LogP contribution in [0.3, 0.4) is 0 Å². The molecule has 0 saturated carbocycles. The molecule has 0 amide bonds. The lowest BCUT2D eigenvalue weighted by molar-refractivity contribution is 0.215. The monoisotopic (exact) mass is 272 g/mol. The third-order valence-electron chi connectivity index (χ3n) is 3.43. The van der Waals surface area contributed by atoms with Crippen LogP contribution in [0.25, 0.3) is 0 Å². The number of nitrogens with zero attached hydrogens (tertiary/aromatic N) is 2. The fourth-order valence-electron chi connectivity index (χ4n) is 2.50. The van der Waals surface area contributed by atoms with Gasteiger partial charge in [-0.25, -0.2) is 8.42 Å². The van der Waals surface area contributed by atoms with Crippen molar-refractivity contribution in [2.24, 2.45) is 7.05 Å². The van der Waals surface area contributed by atoms with Crippen molar-refractivity contribution in [1.29, 1.82) is 0 Å². The number of methoxy groups -OCH3 is 1. The molecule has 6 heteroatoms. The lowest BCUT2D eigenvalue weighted by atomic mass is 10.1. The van der Waals surface area contributed by atoms with Gasteiger partial charge in [-0.15, -0.1) is 0 Å². The minimum atomic E-state index is -3.22. The smallest absolute Gasteiger partial charge is 0.216 e. The first-order valence-corrected chi connectivity index (χ1v) is 7.77. The minimum Gasteiger partial charge on any atom is -0.384 e. The number of hydrogen-bond donors (Lipinski definition) is 0. The number of aromatic nitrogens is 1. The first kappa shape index (κ1) is 13.6. The Balaban J connectivity index is 2.20. The first-order chi connectivity index (χ1) is 8.56. The fraction of sp³-hybridized carbons (Fsp3) is 0.667. The van der Waals surface area contributed by atoms with Gasteiger partial charge in [0.05, 0.1) is 18.4 Å². The predicted octanol–water partition coefficient (Wildman–Crippen LogP) is 1.14. The van der Waals surface area contributed by atoms with Crippen molar-refractivity contribution >= 4 is 10.0 Å². The molecule has 0 radical (unpaired) electrons. The van der Waals surface area contributed by atoms with E-state index < -0.39 is 10.0 Å². The van der Waals surface area contributed by atoms with E-state index in [1.54, 1.807) is 4.31 Å². The zero-order valence-corrected chi connectivity index (χ0v) is 11.7. The molecule has 102 valence electrons. The van der Waals surface area contributed by atoms with Crippen LogP contribution in [0.2, 0.25) is 0 Å². The van der Waals surface area contributed by atoms with Crippen molar-refractivity contribution in [1.82, 2.24) is 8.87 Å². The lowest BCUT2D eigenvalue weighted by Gasteiger charge is -2.24. The van der Waals surface area contributed by atoms with E-state index in [4.69, 9.17) is 4.74 Å². The van der Waals surface area contributed by atoms with Crippen molar-refractivity contribution in [2.45, 2.75) is 18.9 Å². The van der Waals surface area contributed by atoms with Crippen molar-refractivity contribution in [3.63, 3.8) is 0 Å². The van der Waals surface area contributed by atoms with Crippen molar-refractivity contribution < 1.29 is 13.2 Å². The van der Waals surface area contributed by atoms with E-state index in [1.165, 1.54) is 7.11 Å². The number of aryl methyl sites for hydroxylation is 1. The Morgan fingerprint density at radius 2 is 2.28 bits per heavy atom. The van der Waals surface area contributed by atoms with E-state index in [1.807, 2.05) is 29.9 Å². The van der Waals surface area contributed by atoms with Crippen LogP contribution >= 0.6 is 0 Å². The van der Waals surface area contributed by atoms with Gasteiger partial charge in [0.1, 0.15) is 0 Å². The predicted molar refractivity (Wildman–Crippen MR) is 69.8 cm³/mol. The molecule has 1 aliphatic rings. The molecule has 1 aromatic heterocycles. The molecular formula is C12H20N2O3S. The average Bonchev–Trinajstić information content (AvgIpc) is 2.94. The van der Waals surface area contributed by atoms with Crippen molar-refractivity contribution in [3.8, 4) is 0 Å². The highest BCUT2D eigenvalue weighted by atomic mass is 32.2. The van der Waals surface area contributed by atoms with Crippen molar-refractivity contribution in [2.75, 3.05) is 26.0 Å². The summed E-state index contributed by atoms with van der Waals surface area (Å²) in [7, 11) is 0.255. The third-order valence-corrected chi connectivity index (χ3v) is 5.27. The molecule has 2 rings (SSSR count). The van der Waals surface area contributed by atoms with Crippen LogP contribution < -0.4 is 0 Å². The SMILES string of the molecule is COCCS(=O)(=O)N1CCC[C@@H]1c1cccn1C. The summed E-state index contributed by atoms with van der Waals surface area (Å²) in [6.07, 6.45) is 3.76. The van der Waals surface area contributed by atoms with E-state index in [0.717, 1.165) is 18.5 Å². The quantitative estimate of drug-likeness (QED) is 0.807. The lowest BCUT2D eigenvalue weighted by Crippen LogP contribution is -2.34. The van der Waals surface area contributed by atoms with E-state index in [2.05, 4.69) is 0 Å². The van der Waals surface area contributed by atoms with Gasteiger partial charge < -0.3 is 9.30 Å². The second kappa shape index (κ2) is 5.42. The van der Waals surface area contributed by atoms with Gasteiger partial charge in [-0.1, -0.05) is 0 Å². The average molecular weight is 272 g/mol. The minimum absolute atomic E-state index is 0.0214. The van der Waals surface area contributed by atoms with Gasteiger partial charge in [-0.2, -0.15) is 4.31 Å². The van der Waals surface area contributed by atoms with Gasteiger partial charge in [0.15, 0.2) is 0 Å². The van der Waals surface area contributed by atoms with Gasteiger partial charge in [0.2, 0.25) is 10.0 Å². The molecule has 1 saturated heterocycles. The summed E-state index contributed by atoms with van der Waals surface area (Å²) in [6, 6.07) is 3.93. The zero-order valence-electron chi connectivity index (χ0n) is 10.9. The Labute approximate surface area is 108 Å². The highest BCUT2D eigenvalue weighted by Gasteiger charge is 2.35. The molecule has 0 bridgehead atoms. The zero-order chi connectivity index (χ0) is 13.2. The number of hydrogen-bond acceptors (Lipinski definition) is 3. The van der Waals surface area contributed by atoms with Gasteiger partial charge >= 0.3 is 0 Å². The largest absolute Gasteiger partial charge is 0.384 e. The molecular weight excluding hydrogens is 252 g/mol. The van der Waals surface area contributed by atoms with Crippen LogP contribution in [-0.2, 0) is 21.8 Å². The Morgan fingerprint density at radius 1 is 1.50 bits per heavy atom. The standard InChI is InChI=1S/C12H20N2O3S/c1-13-7-3-5-11(13)12-6-4-8-14(12)18(15,16)10-9-17-2/h3,5,7,12H,4,6,8-10H2,1-2H3/t12-/m1/s1. The normalized spacial score (nSPS) is 21.6. The third kappa shape index (κ3) is 2.60. The highest BCUT2D eigenvalue weighted by Crippen LogP contribution is 2.34. The van der Waals surface area contributed by atoms with Crippen LogP contribution in [0.5, 0.6) is 0 Å². The van der Waals surface area contributed by atoms with Crippen LogP contribution in [0.4, 0.5) is 0 Å². The summed E-state index contributed by atoms with van der Waals surface area (Å²) >= 11 is 0. The van der Waals surface area contributed by atoms with Gasteiger partial charge in [0.25, 0.3) is 0 Å². The highest BCUT2D eigenvalue weighted by molar-refractivity contribution is 7.89. The number of rotatable bonds is 5. The number of sulfonamides is 1. The summed E-state index contributed by atoms with van der Waals surface area (Å²) in [4.78, 5) is 0. The first-order valence-electron chi connectivity index (χ1n) is 6.16. The molecule has 0 spiro atoms. The Hall–Kier alpha value is -0.850. The second-order valence-electron chi connectivity index (χ2n) is 4.62. The molecule has 1 fully saturated rings. The van der Waals surface area contributed by atoms with Crippen LogP contribution in [0, 0.1) is 0 Å². The van der Waals surface area contributed by atoms with Gasteiger partial charge in [-0.05, 0) is 25.0 Å². The topological polar surface area (TPSA) is 51.5 Å². The molecule has 1 aliphatic heterocycles. The molecule has 0 aromatic carbocycles. The van der Waals surface area contributed by atoms with Crippen LogP contribution in [0.15, 0.2) is 18.3 Å². The van der Waals surface area contributed by atoms with E-state index in [0.29, 0.717) is 6.54 Å². The molecule has 2 heterocycles. The summed E-state index contributed by atoms with van der Waals surface area (Å²) in [5.41, 5.74) is 1.06. The second-order valence-corrected chi connectivity index (χ2v) is 6.66. The van der Waals surface area contributed by atoms with E-state index >= 15 is 0 Å². The van der Waals surface area contributed by atoms with Gasteiger partial charge in [0, 0.05) is 32.6 Å². The molecule has 0 unspecified atom stereocenters. The van der Waals surface area contributed by atoms with Crippen LogP contribution in [-0.4, -0.2) is 43.3 Å². The molecule has 1 atom stereocenters. The van der Waals surface area contributed by atoms with E-state index in [9.17, 15) is 8.42 Å². The molecule has 18 heavy (non-hydrogen) atoms. The Morgan fingerprint density at radius 3 is 2.89 bits per heavy atom. The van der Waals surface area contributed by atoms with Gasteiger partial charge in [-0.3, -0.25) is 0 Å².